The van der Waals surface area contributed by atoms with Crippen molar-refractivity contribution < 1.29 is 13.9 Å². The summed E-state index contributed by atoms with van der Waals surface area (Å²) >= 11 is 0. The van der Waals surface area contributed by atoms with Gasteiger partial charge in [-0.3, -0.25) is 14.4 Å². The van der Waals surface area contributed by atoms with Gasteiger partial charge in [0.25, 0.3) is 5.91 Å². The van der Waals surface area contributed by atoms with Crippen LogP contribution < -0.4 is 5.32 Å². The molecule has 2 aromatic rings. The predicted octanol–water partition coefficient (Wildman–Crippen LogP) is 1.61. The zero-order chi connectivity index (χ0) is 18.7. The molecule has 2 atom stereocenters. The molecule has 0 aromatic carbocycles. The number of nitrogens with one attached hydrogen (secondary N) is 1. The number of nitrogens with zero attached hydrogens (tertiary/aromatic N) is 4. The maximum atomic E-state index is 12.4. The molecule has 1 amide bonds. The minimum Gasteiger partial charge on any atom is -0.440 e. The Kier molecular flexibility index (Phi) is 5.73. The smallest absolute Gasteiger partial charge is 0.273 e. The first kappa shape index (κ1) is 18.6. The fraction of sp³-hybridized carbons (Fsp3) is 0.611. The Morgan fingerprint density at radius 3 is 2.73 bits per heavy atom. The molecule has 0 spiro atoms. The molecule has 0 aliphatic carbocycles. The number of ether oxygens (including phenoxy) is 1. The average Bonchev–Trinajstić information content (AvgIpc) is 3.16. The zero-order valence-electron chi connectivity index (χ0n) is 15.9. The summed E-state index contributed by atoms with van der Waals surface area (Å²) < 4.78 is 13.0. The van der Waals surface area contributed by atoms with Crippen LogP contribution in [0.5, 0.6) is 0 Å². The normalized spacial score (nSPS) is 21.1. The van der Waals surface area contributed by atoms with Crippen LogP contribution in [-0.2, 0) is 11.8 Å². The van der Waals surface area contributed by atoms with E-state index in [9.17, 15) is 4.79 Å². The van der Waals surface area contributed by atoms with Gasteiger partial charge in [-0.15, -0.1) is 0 Å². The van der Waals surface area contributed by atoms with Crippen molar-refractivity contribution in [3.8, 4) is 11.5 Å². The molecule has 0 radical (unpaired) electrons. The summed E-state index contributed by atoms with van der Waals surface area (Å²) in [6.45, 7) is 9.36. The molecule has 1 fully saturated rings. The first-order chi connectivity index (χ1) is 12.4. The molecule has 1 saturated heterocycles. The molecular formula is C18H27N5O3. The van der Waals surface area contributed by atoms with Gasteiger partial charge in [0.05, 0.1) is 24.0 Å². The molecule has 3 heterocycles. The van der Waals surface area contributed by atoms with E-state index in [-0.39, 0.29) is 18.1 Å². The van der Waals surface area contributed by atoms with Gasteiger partial charge in [-0.2, -0.15) is 5.10 Å². The average molecular weight is 361 g/mol. The number of amides is 1. The highest BCUT2D eigenvalue weighted by Crippen LogP contribution is 2.20. The van der Waals surface area contributed by atoms with Crippen LogP contribution in [0.15, 0.2) is 16.8 Å². The summed E-state index contributed by atoms with van der Waals surface area (Å²) in [5.41, 5.74) is 1.09. The van der Waals surface area contributed by atoms with Crippen molar-refractivity contribution in [1.82, 2.24) is 25.0 Å². The van der Waals surface area contributed by atoms with Crippen LogP contribution in [0, 0.1) is 6.92 Å². The number of aryl methyl sites for hydroxylation is 2. The van der Waals surface area contributed by atoms with E-state index in [1.54, 1.807) is 24.0 Å². The molecule has 0 bridgehead atoms. The lowest BCUT2D eigenvalue weighted by molar-refractivity contribution is -0.0680. The lowest BCUT2D eigenvalue weighted by atomic mass is 10.2. The molecule has 1 aliphatic rings. The largest absolute Gasteiger partial charge is 0.440 e. The van der Waals surface area contributed by atoms with E-state index in [4.69, 9.17) is 9.15 Å². The molecule has 8 nitrogen and oxygen atoms in total. The summed E-state index contributed by atoms with van der Waals surface area (Å²) in [7, 11) is 1.82. The molecule has 26 heavy (non-hydrogen) atoms. The van der Waals surface area contributed by atoms with Crippen molar-refractivity contribution in [3.05, 3.63) is 23.8 Å². The number of hydrogen-bond donors (Lipinski definition) is 1. The van der Waals surface area contributed by atoms with Gasteiger partial charge in [-0.1, -0.05) is 0 Å². The Balaban J connectivity index is 1.49. The van der Waals surface area contributed by atoms with Crippen molar-refractivity contribution in [2.24, 2.45) is 7.05 Å². The number of carbonyl (C=O) groups is 1. The summed E-state index contributed by atoms with van der Waals surface area (Å²) in [5.74, 6) is 0.722. The van der Waals surface area contributed by atoms with Crippen molar-refractivity contribution in [1.29, 1.82) is 0 Å². The zero-order valence-corrected chi connectivity index (χ0v) is 15.9. The van der Waals surface area contributed by atoms with E-state index >= 15 is 0 Å². The van der Waals surface area contributed by atoms with Gasteiger partial charge in [0.2, 0.25) is 5.89 Å². The summed E-state index contributed by atoms with van der Waals surface area (Å²) in [5, 5.41) is 7.03. The van der Waals surface area contributed by atoms with Crippen molar-refractivity contribution >= 4 is 5.91 Å². The van der Waals surface area contributed by atoms with E-state index in [0.29, 0.717) is 23.9 Å². The minimum absolute atomic E-state index is 0.204. The first-order valence-corrected chi connectivity index (χ1v) is 9.05. The third kappa shape index (κ3) is 4.50. The second kappa shape index (κ2) is 8.01. The Bertz CT molecular complexity index is 744. The van der Waals surface area contributed by atoms with Crippen LogP contribution in [0.4, 0.5) is 0 Å². The fourth-order valence-corrected chi connectivity index (χ4v) is 3.32. The summed E-state index contributed by atoms with van der Waals surface area (Å²) in [6.07, 6.45) is 4.88. The predicted molar refractivity (Wildman–Crippen MR) is 96.8 cm³/mol. The molecule has 8 heteroatoms. The minimum atomic E-state index is -0.204. The summed E-state index contributed by atoms with van der Waals surface area (Å²) in [4.78, 5) is 19.1. The highest BCUT2D eigenvalue weighted by atomic mass is 16.5. The van der Waals surface area contributed by atoms with E-state index < -0.39 is 0 Å². The van der Waals surface area contributed by atoms with E-state index in [1.165, 1.54) is 0 Å². The number of rotatable bonds is 6. The van der Waals surface area contributed by atoms with Gasteiger partial charge in [-0.05, 0) is 27.2 Å². The van der Waals surface area contributed by atoms with Crippen molar-refractivity contribution in [2.45, 2.75) is 39.4 Å². The van der Waals surface area contributed by atoms with Crippen molar-refractivity contribution in [2.75, 3.05) is 26.2 Å². The highest BCUT2D eigenvalue weighted by molar-refractivity contribution is 5.93. The van der Waals surface area contributed by atoms with Crippen LogP contribution in [0.2, 0.25) is 0 Å². The number of carbonyl (C=O) groups excluding carboxylic acids is 1. The van der Waals surface area contributed by atoms with Crippen LogP contribution >= 0.6 is 0 Å². The second-order valence-corrected chi connectivity index (χ2v) is 6.95. The van der Waals surface area contributed by atoms with E-state index in [0.717, 1.165) is 31.6 Å². The Labute approximate surface area is 153 Å². The second-order valence-electron chi connectivity index (χ2n) is 6.95. The quantitative estimate of drug-likeness (QED) is 0.787. The molecule has 1 aliphatic heterocycles. The Morgan fingerprint density at radius 2 is 2.08 bits per heavy atom. The molecule has 3 rings (SSSR count). The fourth-order valence-electron chi connectivity index (χ4n) is 3.32. The maximum absolute atomic E-state index is 12.4. The third-order valence-corrected chi connectivity index (χ3v) is 4.40. The van der Waals surface area contributed by atoms with E-state index in [2.05, 4.69) is 34.1 Å². The van der Waals surface area contributed by atoms with E-state index in [1.807, 2.05) is 7.05 Å². The van der Waals surface area contributed by atoms with Crippen LogP contribution in [-0.4, -0.2) is 64.0 Å². The van der Waals surface area contributed by atoms with Gasteiger partial charge in [-0.25, -0.2) is 4.98 Å². The number of aromatic nitrogens is 3. The lowest BCUT2D eigenvalue weighted by Crippen LogP contribution is -2.46. The van der Waals surface area contributed by atoms with Gasteiger partial charge < -0.3 is 14.5 Å². The first-order valence-electron chi connectivity index (χ1n) is 9.05. The maximum Gasteiger partial charge on any atom is 0.273 e. The Morgan fingerprint density at radius 1 is 1.35 bits per heavy atom. The molecule has 2 aromatic heterocycles. The topological polar surface area (TPSA) is 85.4 Å². The Hall–Kier alpha value is -2.19. The SMILES string of the molecule is Cc1oc(-c2cnn(C)c2)nc1C(=O)NCCCN1CC(C)OC(C)C1. The van der Waals surface area contributed by atoms with Crippen molar-refractivity contribution in [3.63, 3.8) is 0 Å². The lowest BCUT2D eigenvalue weighted by Gasteiger charge is -2.35. The number of hydrogen-bond acceptors (Lipinski definition) is 6. The van der Waals surface area contributed by atoms with Gasteiger partial charge >= 0.3 is 0 Å². The van der Waals surface area contributed by atoms with Crippen LogP contribution in [0.1, 0.15) is 36.5 Å². The molecule has 1 N–H and O–H groups in total. The standard InChI is InChI=1S/C18H27N5O3/c1-12-9-23(10-13(2)25-12)7-5-6-19-17(24)16-14(3)26-18(21-16)15-8-20-22(4)11-15/h8,11-13H,5-7,9-10H2,1-4H3,(H,19,24). The summed E-state index contributed by atoms with van der Waals surface area (Å²) in [6, 6.07) is 0. The molecular weight excluding hydrogens is 334 g/mol. The molecule has 2 unspecified atom stereocenters. The van der Waals surface area contributed by atoms with Crippen LogP contribution in [0.25, 0.3) is 11.5 Å². The molecule has 0 saturated carbocycles. The van der Waals surface area contributed by atoms with Gasteiger partial charge in [0.1, 0.15) is 5.76 Å². The van der Waals surface area contributed by atoms with Gasteiger partial charge in [0.15, 0.2) is 5.69 Å². The van der Waals surface area contributed by atoms with Crippen LogP contribution in [0.3, 0.4) is 0 Å². The third-order valence-electron chi connectivity index (χ3n) is 4.40. The number of morpholine rings is 1. The monoisotopic (exact) mass is 361 g/mol. The number of oxazole rings is 1. The molecule has 142 valence electrons. The van der Waals surface area contributed by atoms with Gasteiger partial charge in [0, 0.05) is 39.4 Å². The highest BCUT2D eigenvalue weighted by Gasteiger charge is 2.22.